The van der Waals surface area contributed by atoms with E-state index in [0.29, 0.717) is 0 Å². The Kier molecular flexibility index (Phi) is 4.72. The molecule has 2 saturated carbocycles. The van der Waals surface area contributed by atoms with Crippen LogP contribution in [0.25, 0.3) is 0 Å². The molecule has 2 aliphatic rings. The highest BCUT2D eigenvalue weighted by atomic mass is 32.2. The normalized spacial score (nSPS) is 18.8. The summed E-state index contributed by atoms with van der Waals surface area (Å²) in [7, 11) is 0. The predicted molar refractivity (Wildman–Crippen MR) is 89.3 cm³/mol. The minimum Gasteiger partial charge on any atom is -0.313 e. The number of rotatable bonds is 8. The predicted octanol–water partition coefficient (Wildman–Crippen LogP) is 4.31. The van der Waals surface area contributed by atoms with E-state index in [-0.39, 0.29) is 0 Å². The van der Waals surface area contributed by atoms with Crippen LogP contribution in [-0.2, 0) is 5.75 Å². The van der Waals surface area contributed by atoms with Gasteiger partial charge in [0.25, 0.3) is 0 Å². The Morgan fingerprint density at radius 2 is 1.65 bits per heavy atom. The van der Waals surface area contributed by atoms with Crippen molar-refractivity contribution in [2.75, 3.05) is 12.3 Å². The smallest absolute Gasteiger partial charge is 0.0185 e. The SMILES string of the molecule is Cc1cc(C)cc(CSCCNC(C2CC2)C2CC2)c1. The van der Waals surface area contributed by atoms with Gasteiger partial charge in [0, 0.05) is 24.1 Å². The van der Waals surface area contributed by atoms with Gasteiger partial charge in [0.2, 0.25) is 0 Å². The van der Waals surface area contributed by atoms with Crippen LogP contribution in [-0.4, -0.2) is 18.3 Å². The third kappa shape index (κ3) is 4.26. The first kappa shape index (κ1) is 14.5. The second-order valence-corrected chi connectivity index (χ2v) is 7.81. The highest BCUT2D eigenvalue weighted by Crippen LogP contribution is 2.44. The molecule has 2 aliphatic carbocycles. The summed E-state index contributed by atoms with van der Waals surface area (Å²) < 4.78 is 0. The highest BCUT2D eigenvalue weighted by Gasteiger charge is 2.40. The van der Waals surface area contributed by atoms with Gasteiger partial charge in [-0.05, 0) is 56.9 Å². The quantitative estimate of drug-likeness (QED) is 0.716. The fraction of sp³-hybridized carbons (Fsp3) is 0.667. The summed E-state index contributed by atoms with van der Waals surface area (Å²) in [5, 5.41) is 3.83. The lowest BCUT2D eigenvalue weighted by atomic mass is 10.1. The molecule has 0 spiro atoms. The van der Waals surface area contributed by atoms with Crippen LogP contribution in [0.4, 0.5) is 0 Å². The van der Waals surface area contributed by atoms with Crippen molar-refractivity contribution in [2.45, 2.75) is 51.3 Å². The molecule has 0 amide bonds. The first-order chi connectivity index (χ1) is 9.72. The molecule has 1 aromatic rings. The van der Waals surface area contributed by atoms with Gasteiger partial charge in [-0.3, -0.25) is 0 Å². The van der Waals surface area contributed by atoms with E-state index < -0.39 is 0 Å². The van der Waals surface area contributed by atoms with E-state index in [1.54, 1.807) is 0 Å². The Labute approximate surface area is 127 Å². The molecular weight excluding hydrogens is 262 g/mol. The van der Waals surface area contributed by atoms with Gasteiger partial charge in [-0.2, -0.15) is 11.8 Å². The second-order valence-electron chi connectivity index (χ2n) is 6.70. The van der Waals surface area contributed by atoms with Crippen LogP contribution in [0.1, 0.15) is 42.4 Å². The Morgan fingerprint density at radius 3 is 2.20 bits per heavy atom. The lowest BCUT2D eigenvalue weighted by molar-refractivity contribution is 0.429. The number of benzene rings is 1. The molecule has 1 aromatic carbocycles. The van der Waals surface area contributed by atoms with E-state index in [1.807, 2.05) is 0 Å². The molecule has 0 atom stereocenters. The van der Waals surface area contributed by atoms with Crippen molar-refractivity contribution >= 4 is 11.8 Å². The van der Waals surface area contributed by atoms with Gasteiger partial charge >= 0.3 is 0 Å². The fourth-order valence-corrected chi connectivity index (χ4v) is 4.08. The van der Waals surface area contributed by atoms with Crippen molar-refractivity contribution < 1.29 is 0 Å². The van der Waals surface area contributed by atoms with E-state index in [9.17, 15) is 0 Å². The number of hydrogen-bond donors (Lipinski definition) is 1. The van der Waals surface area contributed by atoms with E-state index in [2.05, 4.69) is 49.1 Å². The maximum Gasteiger partial charge on any atom is 0.0185 e. The van der Waals surface area contributed by atoms with E-state index in [0.717, 1.165) is 23.6 Å². The lowest BCUT2D eigenvalue weighted by Crippen LogP contribution is -2.34. The van der Waals surface area contributed by atoms with Crippen molar-refractivity contribution in [3.05, 3.63) is 34.9 Å². The molecule has 3 rings (SSSR count). The van der Waals surface area contributed by atoms with Crippen LogP contribution >= 0.6 is 11.8 Å². The zero-order chi connectivity index (χ0) is 13.9. The number of thioether (sulfide) groups is 1. The summed E-state index contributed by atoms with van der Waals surface area (Å²) in [6, 6.07) is 7.76. The van der Waals surface area contributed by atoms with Crippen LogP contribution in [0.15, 0.2) is 18.2 Å². The number of aryl methyl sites for hydroxylation is 2. The molecule has 0 bridgehead atoms. The first-order valence-corrected chi connectivity index (χ1v) is 9.26. The van der Waals surface area contributed by atoms with Crippen molar-refractivity contribution in [2.24, 2.45) is 11.8 Å². The minimum atomic E-state index is 0.858. The van der Waals surface area contributed by atoms with E-state index >= 15 is 0 Å². The topological polar surface area (TPSA) is 12.0 Å². The molecule has 0 saturated heterocycles. The van der Waals surface area contributed by atoms with Crippen molar-refractivity contribution in [1.29, 1.82) is 0 Å². The third-order valence-corrected chi connectivity index (χ3v) is 5.47. The minimum absolute atomic E-state index is 0.858. The maximum absolute atomic E-state index is 3.83. The molecular formula is C18H27NS. The van der Waals surface area contributed by atoms with Crippen molar-refractivity contribution in [1.82, 2.24) is 5.32 Å². The molecule has 0 aliphatic heterocycles. The summed E-state index contributed by atoms with van der Waals surface area (Å²) >= 11 is 2.07. The fourth-order valence-electron chi connectivity index (χ4n) is 3.27. The van der Waals surface area contributed by atoms with Gasteiger partial charge in [0.1, 0.15) is 0 Å². The molecule has 1 nitrogen and oxygen atoms in total. The molecule has 0 heterocycles. The van der Waals surface area contributed by atoms with Crippen LogP contribution in [0, 0.1) is 25.7 Å². The van der Waals surface area contributed by atoms with Crippen molar-refractivity contribution in [3.8, 4) is 0 Å². The Morgan fingerprint density at radius 1 is 1.05 bits per heavy atom. The highest BCUT2D eigenvalue weighted by molar-refractivity contribution is 7.98. The molecule has 1 N–H and O–H groups in total. The largest absolute Gasteiger partial charge is 0.313 e. The van der Waals surface area contributed by atoms with Gasteiger partial charge in [-0.1, -0.05) is 29.3 Å². The summed E-state index contributed by atoms with van der Waals surface area (Å²) in [4.78, 5) is 0. The molecule has 20 heavy (non-hydrogen) atoms. The zero-order valence-electron chi connectivity index (χ0n) is 12.8. The molecule has 0 aromatic heterocycles. The average molecular weight is 289 g/mol. The Balaban J connectivity index is 1.35. The summed E-state index contributed by atoms with van der Waals surface area (Å²) in [6.07, 6.45) is 5.90. The van der Waals surface area contributed by atoms with Gasteiger partial charge in [0.15, 0.2) is 0 Å². The monoisotopic (exact) mass is 289 g/mol. The molecule has 0 unspecified atom stereocenters. The van der Waals surface area contributed by atoms with Crippen LogP contribution in [0.2, 0.25) is 0 Å². The first-order valence-electron chi connectivity index (χ1n) is 8.10. The van der Waals surface area contributed by atoms with Crippen molar-refractivity contribution in [3.63, 3.8) is 0 Å². The lowest BCUT2D eigenvalue weighted by Gasteiger charge is -2.17. The van der Waals surface area contributed by atoms with Gasteiger partial charge in [-0.25, -0.2) is 0 Å². The summed E-state index contributed by atoms with van der Waals surface area (Å²) in [5.41, 5.74) is 4.26. The van der Waals surface area contributed by atoms with Crippen LogP contribution < -0.4 is 5.32 Å². The average Bonchev–Trinajstić information content (AvgIpc) is 3.26. The van der Waals surface area contributed by atoms with E-state index in [1.165, 1.54) is 54.7 Å². The number of hydrogen-bond acceptors (Lipinski definition) is 2. The molecule has 110 valence electrons. The van der Waals surface area contributed by atoms with Gasteiger partial charge in [0.05, 0.1) is 0 Å². The third-order valence-electron chi connectivity index (χ3n) is 4.44. The molecule has 2 fully saturated rings. The summed E-state index contributed by atoms with van der Waals surface area (Å²) in [5.74, 6) is 4.43. The van der Waals surface area contributed by atoms with Gasteiger partial charge in [-0.15, -0.1) is 0 Å². The molecule has 0 radical (unpaired) electrons. The van der Waals surface area contributed by atoms with Crippen LogP contribution in [0.5, 0.6) is 0 Å². The van der Waals surface area contributed by atoms with E-state index in [4.69, 9.17) is 0 Å². The summed E-state index contributed by atoms with van der Waals surface area (Å²) in [6.45, 7) is 5.57. The van der Waals surface area contributed by atoms with Crippen LogP contribution in [0.3, 0.4) is 0 Å². The maximum atomic E-state index is 3.83. The Bertz CT molecular complexity index is 416. The standard InChI is InChI=1S/C18H27NS/c1-13-9-14(2)11-15(10-13)12-20-8-7-19-18(16-3-4-16)17-5-6-17/h9-11,16-19H,3-8,12H2,1-2H3. The second kappa shape index (κ2) is 6.53. The Hall–Kier alpha value is -0.470. The van der Waals surface area contributed by atoms with Gasteiger partial charge < -0.3 is 5.32 Å². The zero-order valence-corrected chi connectivity index (χ0v) is 13.6. The number of nitrogens with one attached hydrogen (secondary N) is 1. The molecule has 2 heteroatoms.